The van der Waals surface area contributed by atoms with Crippen molar-refractivity contribution >= 4 is 22.0 Å². The van der Waals surface area contributed by atoms with Gasteiger partial charge in [-0.15, -0.1) is 0 Å². The van der Waals surface area contributed by atoms with Crippen molar-refractivity contribution in [2.45, 2.75) is 0 Å². The maximum Gasteiger partial charge on any atom is 0.268 e. The zero-order valence-electron chi connectivity index (χ0n) is 13.2. The van der Waals surface area contributed by atoms with Gasteiger partial charge in [0, 0.05) is 0 Å². The van der Waals surface area contributed by atoms with Gasteiger partial charge in [0.05, 0.1) is 25.2 Å². The SMILES string of the molecule is COc1cccc(C(=O)NS(=O)(=O)/C=C/c2ccccc2)c1OC. The van der Waals surface area contributed by atoms with Crippen molar-refractivity contribution < 1.29 is 22.7 Å². The van der Waals surface area contributed by atoms with Crippen LogP contribution in [0.5, 0.6) is 11.5 Å². The standard InChI is InChI=1S/C17H17NO5S/c1-22-15-10-6-9-14(16(15)23-2)17(19)18-24(20,21)12-11-13-7-4-3-5-8-13/h3-12H,1-2H3,(H,18,19)/b12-11+. The Balaban J connectivity index is 2.21. The fourth-order valence-electron chi connectivity index (χ4n) is 2.02. The first-order valence-electron chi connectivity index (χ1n) is 6.98. The lowest BCUT2D eigenvalue weighted by Crippen LogP contribution is -2.29. The lowest BCUT2D eigenvalue weighted by Gasteiger charge is -2.11. The van der Waals surface area contributed by atoms with E-state index in [-0.39, 0.29) is 11.3 Å². The molecule has 2 rings (SSSR count). The second-order valence-electron chi connectivity index (χ2n) is 4.73. The van der Waals surface area contributed by atoms with Crippen LogP contribution in [0.2, 0.25) is 0 Å². The summed E-state index contributed by atoms with van der Waals surface area (Å²) in [5, 5.41) is 0.937. The monoisotopic (exact) mass is 347 g/mol. The van der Waals surface area contributed by atoms with Crippen LogP contribution in [0.15, 0.2) is 53.9 Å². The number of para-hydroxylation sites is 1. The molecule has 0 spiro atoms. The predicted octanol–water partition coefficient (Wildman–Crippen LogP) is 2.43. The van der Waals surface area contributed by atoms with Gasteiger partial charge in [-0.3, -0.25) is 4.79 Å². The number of methoxy groups -OCH3 is 2. The molecule has 0 saturated heterocycles. The fourth-order valence-corrected chi connectivity index (χ4v) is 2.79. The number of hydrogen-bond donors (Lipinski definition) is 1. The first-order valence-corrected chi connectivity index (χ1v) is 8.53. The molecule has 2 aromatic carbocycles. The lowest BCUT2D eigenvalue weighted by molar-refractivity contribution is 0.0978. The minimum Gasteiger partial charge on any atom is -0.493 e. The first kappa shape index (κ1) is 17.6. The molecule has 0 radical (unpaired) electrons. The highest BCUT2D eigenvalue weighted by molar-refractivity contribution is 7.93. The minimum absolute atomic E-state index is 0.0635. The number of carbonyl (C=O) groups excluding carboxylic acids is 1. The zero-order valence-corrected chi connectivity index (χ0v) is 14.0. The molecule has 0 atom stereocenters. The number of rotatable bonds is 6. The molecule has 0 bridgehead atoms. The van der Waals surface area contributed by atoms with Crippen LogP contribution < -0.4 is 14.2 Å². The van der Waals surface area contributed by atoms with E-state index < -0.39 is 15.9 Å². The van der Waals surface area contributed by atoms with Gasteiger partial charge in [-0.1, -0.05) is 36.4 Å². The third-order valence-corrected chi connectivity index (χ3v) is 4.09. The van der Waals surface area contributed by atoms with Crippen LogP contribution in [0, 0.1) is 0 Å². The first-order chi connectivity index (χ1) is 11.5. The summed E-state index contributed by atoms with van der Waals surface area (Å²) in [6.07, 6.45) is 1.40. The Bertz CT molecular complexity index is 845. The van der Waals surface area contributed by atoms with Crippen LogP contribution in [0.3, 0.4) is 0 Å². The molecule has 24 heavy (non-hydrogen) atoms. The zero-order chi connectivity index (χ0) is 17.6. The average Bonchev–Trinajstić information content (AvgIpc) is 2.59. The number of sulfonamides is 1. The van der Waals surface area contributed by atoms with E-state index in [0.29, 0.717) is 11.3 Å². The molecule has 6 nitrogen and oxygen atoms in total. The van der Waals surface area contributed by atoms with E-state index in [2.05, 4.69) is 0 Å². The van der Waals surface area contributed by atoms with Crippen molar-refractivity contribution in [3.05, 3.63) is 65.1 Å². The van der Waals surface area contributed by atoms with E-state index in [9.17, 15) is 13.2 Å². The molecule has 0 aliphatic carbocycles. The second kappa shape index (κ2) is 7.65. The third kappa shape index (κ3) is 4.36. The van der Waals surface area contributed by atoms with E-state index in [1.54, 1.807) is 36.4 Å². The Morgan fingerprint density at radius 2 is 1.71 bits per heavy atom. The quantitative estimate of drug-likeness (QED) is 0.868. The van der Waals surface area contributed by atoms with E-state index in [4.69, 9.17) is 9.47 Å². The Hall–Kier alpha value is -2.80. The molecule has 126 valence electrons. The Kier molecular flexibility index (Phi) is 5.59. The van der Waals surface area contributed by atoms with E-state index in [0.717, 1.165) is 5.41 Å². The minimum atomic E-state index is -3.95. The molecule has 0 aliphatic heterocycles. The van der Waals surface area contributed by atoms with Gasteiger partial charge < -0.3 is 9.47 Å². The molecule has 1 N–H and O–H groups in total. The van der Waals surface area contributed by atoms with Crippen molar-refractivity contribution in [1.82, 2.24) is 4.72 Å². The predicted molar refractivity (Wildman–Crippen MR) is 91.4 cm³/mol. The summed E-state index contributed by atoms with van der Waals surface area (Å²) in [5.74, 6) is -0.300. The van der Waals surface area contributed by atoms with Gasteiger partial charge >= 0.3 is 0 Å². The molecule has 2 aromatic rings. The number of ether oxygens (including phenoxy) is 2. The second-order valence-corrected chi connectivity index (χ2v) is 6.30. The van der Waals surface area contributed by atoms with Gasteiger partial charge in [0.25, 0.3) is 15.9 Å². The summed E-state index contributed by atoms with van der Waals surface area (Å²) in [6, 6.07) is 13.5. The molecule has 0 aromatic heterocycles. The van der Waals surface area contributed by atoms with Crippen LogP contribution in [-0.4, -0.2) is 28.5 Å². The Morgan fingerprint density at radius 3 is 2.33 bits per heavy atom. The van der Waals surface area contributed by atoms with Crippen molar-refractivity contribution in [1.29, 1.82) is 0 Å². The highest BCUT2D eigenvalue weighted by Crippen LogP contribution is 2.30. The van der Waals surface area contributed by atoms with Gasteiger partial charge in [0.15, 0.2) is 11.5 Å². The number of hydrogen-bond acceptors (Lipinski definition) is 5. The van der Waals surface area contributed by atoms with Gasteiger partial charge in [-0.2, -0.15) is 0 Å². The average molecular weight is 347 g/mol. The Morgan fingerprint density at radius 1 is 1.00 bits per heavy atom. The smallest absolute Gasteiger partial charge is 0.268 e. The molecule has 0 saturated carbocycles. The van der Waals surface area contributed by atoms with Gasteiger partial charge in [-0.05, 0) is 23.8 Å². The van der Waals surface area contributed by atoms with E-state index in [1.807, 2.05) is 10.8 Å². The summed E-state index contributed by atoms with van der Waals surface area (Å²) in [4.78, 5) is 12.3. The van der Waals surface area contributed by atoms with Gasteiger partial charge in [0.1, 0.15) is 0 Å². The van der Waals surface area contributed by atoms with Crippen LogP contribution in [0.1, 0.15) is 15.9 Å². The van der Waals surface area contributed by atoms with E-state index in [1.165, 1.54) is 26.4 Å². The molecule has 0 unspecified atom stereocenters. The Labute approximate surface area is 140 Å². The van der Waals surface area contributed by atoms with Crippen molar-refractivity contribution in [3.63, 3.8) is 0 Å². The number of carbonyl (C=O) groups is 1. The van der Waals surface area contributed by atoms with Crippen LogP contribution in [0.4, 0.5) is 0 Å². The molecule has 0 fully saturated rings. The van der Waals surface area contributed by atoms with E-state index >= 15 is 0 Å². The maximum absolute atomic E-state index is 12.3. The van der Waals surface area contributed by atoms with Gasteiger partial charge in [-0.25, -0.2) is 13.1 Å². The molecular weight excluding hydrogens is 330 g/mol. The summed E-state index contributed by atoms with van der Waals surface area (Å²) < 4.78 is 36.3. The summed E-state index contributed by atoms with van der Waals surface area (Å²) in [5.41, 5.74) is 0.767. The van der Waals surface area contributed by atoms with Crippen molar-refractivity contribution in [2.75, 3.05) is 14.2 Å². The van der Waals surface area contributed by atoms with Crippen LogP contribution in [-0.2, 0) is 10.0 Å². The number of benzene rings is 2. The van der Waals surface area contributed by atoms with Crippen molar-refractivity contribution in [3.8, 4) is 11.5 Å². The molecule has 0 heterocycles. The van der Waals surface area contributed by atoms with Gasteiger partial charge in [0.2, 0.25) is 0 Å². The normalized spacial score (nSPS) is 11.2. The van der Waals surface area contributed by atoms with Crippen molar-refractivity contribution in [2.24, 2.45) is 0 Å². The van der Waals surface area contributed by atoms with Crippen LogP contribution in [0.25, 0.3) is 6.08 Å². The summed E-state index contributed by atoms with van der Waals surface area (Å²) in [7, 11) is -1.15. The number of amides is 1. The summed E-state index contributed by atoms with van der Waals surface area (Å²) >= 11 is 0. The fraction of sp³-hybridized carbons (Fsp3) is 0.118. The maximum atomic E-state index is 12.3. The highest BCUT2D eigenvalue weighted by atomic mass is 32.2. The highest BCUT2D eigenvalue weighted by Gasteiger charge is 2.19. The molecule has 7 heteroatoms. The largest absolute Gasteiger partial charge is 0.493 e. The molecule has 1 amide bonds. The topological polar surface area (TPSA) is 81.7 Å². The molecule has 0 aliphatic rings. The number of nitrogens with one attached hydrogen (secondary N) is 1. The lowest BCUT2D eigenvalue weighted by atomic mass is 10.2. The summed E-state index contributed by atoms with van der Waals surface area (Å²) in [6.45, 7) is 0. The van der Waals surface area contributed by atoms with Crippen LogP contribution >= 0.6 is 0 Å². The third-order valence-electron chi connectivity index (χ3n) is 3.12. The molecular formula is C17H17NO5S.